The van der Waals surface area contributed by atoms with Gasteiger partial charge in [-0.15, -0.1) is 0 Å². The molecule has 1 rings (SSSR count). The van der Waals surface area contributed by atoms with Crippen molar-refractivity contribution in [2.24, 2.45) is 11.8 Å². The molecular weight excluding hydrogens is 278 g/mol. The second kappa shape index (κ2) is 13.5. The maximum absolute atomic E-state index is 11.7. The van der Waals surface area contributed by atoms with E-state index in [0.29, 0.717) is 18.9 Å². The molecule has 0 radical (unpaired) electrons. The number of rotatable bonds is 4. The first-order valence-corrected chi connectivity index (χ1v) is 8.77. The first-order chi connectivity index (χ1) is 10.5. The second-order valence-corrected chi connectivity index (χ2v) is 5.21. The number of amides is 2. The Morgan fingerprint density at radius 1 is 0.909 bits per heavy atom. The van der Waals surface area contributed by atoms with Crippen LogP contribution in [-0.4, -0.2) is 29.0 Å². The van der Waals surface area contributed by atoms with Gasteiger partial charge in [0.15, 0.2) is 0 Å². The highest BCUT2D eigenvalue weighted by atomic mass is 16.2. The third-order valence-electron chi connectivity index (χ3n) is 3.85. The number of hydrogen-bond acceptors (Lipinski definition) is 3. The van der Waals surface area contributed by atoms with Crippen molar-refractivity contribution < 1.29 is 14.4 Å². The molecule has 0 aliphatic heterocycles. The molecule has 0 aromatic carbocycles. The van der Waals surface area contributed by atoms with Crippen LogP contribution in [-0.2, 0) is 14.4 Å². The van der Waals surface area contributed by atoms with Gasteiger partial charge in [0.1, 0.15) is 5.78 Å². The molecule has 130 valence electrons. The van der Waals surface area contributed by atoms with Crippen molar-refractivity contribution in [2.75, 3.05) is 6.54 Å². The molecule has 4 nitrogen and oxygen atoms in total. The van der Waals surface area contributed by atoms with Gasteiger partial charge in [0, 0.05) is 25.8 Å². The van der Waals surface area contributed by atoms with Crippen molar-refractivity contribution in [2.45, 2.75) is 80.6 Å². The largest absolute Gasteiger partial charge is 0.300 e. The molecule has 0 bridgehead atoms. The summed E-state index contributed by atoms with van der Waals surface area (Å²) < 4.78 is 0. The molecule has 0 aromatic heterocycles. The fraction of sp³-hybridized carbons (Fsp3) is 0.833. The first-order valence-electron chi connectivity index (χ1n) is 8.77. The van der Waals surface area contributed by atoms with Crippen molar-refractivity contribution in [1.82, 2.24) is 4.90 Å². The molecule has 0 atom stereocenters. The average molecular weight is 313 g/mol. The van der Waals surface area contributed by atoms with Gasteiger partial charge in [0.25, 0.3) is 0 Å². The predicted octanol–water partition coefficient (Wildman–Crippen LogP) is 4.22. The van der Waals surface area contributed by atoms with E-state index in [0.717, 1.165) is 25.7 Å². The standard InChI is InChI=1S/C14H23NO3.2C2H6/c1-4-14(18)15(11(3)17)9-12-5-7-13(8-6-12)10(2)16;2*1-2/h12-13H,4-9H2,1-3H3;2*1-2H3. The van der Waals surface area contributed by atoms with Gasteiger partial charge < -0.3 is 0 Å². The maximum atomic E-state index is 11.7. The molecular formula is C18H35NO3. The zero-order valence-corrected chi connectivity index (χ0v) is 15.6. The molecule has 1 aliphatic rings. The van der Waals surface area contributed by atoms with Crippen LogP contribution in [0, 0.1) is 11.8 Å². The lowest BCUT2D eigenvalue weighted by atomic mass is 9.80. The van der Waals surface area contributed by atoms with E-state index in [1.165, 1.54) is 11.8 Å². The van der Waals surface area contributed by atoms with Crippen LogP contribution >= 0.6 is 0 Å². The number of ketones is 1. The number of imide groups is 1. The lowest BCUT2D eigenvalue weighted by molar-refractivity contribution is -0.144. The molecule has 0 unspecified atom stereocenters. The molecule has 0 heterocycles. The molecule has 22 heavy (non-hydrogen) atoms. The fourth-order valence-corrected chi connectivity index (χ4v) is 2.61. The second-order valence-electron chi connectivity index (χ2n) is 5.21. The summed E-state index contributed by atoms with van der Waals surface area (Å²) in [5, 5.41) is 0. The van der Waals surface area contributed by atoms with Crippen molar-refractivity contribution >= 4 is 17.6 Å². The molecule has 1 fully saturated rings. The molecule has 1 saturated carbocycles. The highest BCUT2D eigenvalue weighted by Crippen LogP contribution is 2.30. The van der Waals surface area contributed by atoms with Gasteiger partial charge in [0.2, 0.25) is 11.8 Å². The van der Waals surface area contributed by atoms with E-state index in [4.69, 9.17) is 0 Å². The summed E-state index contributed by atoms with van der Waals surface area (Å²) in [5.41, 5.74) is 0. The minimum Gasteiger partial charge on any atom is -0.300 e. The van der Waals surface area contributed by atoms with Crippen molar-refractivity contribution in [1.29, 1.82) is 0 Å². The van der Waals surface area contributed by atoms with Gasteiger partial charge in [-0.05, 0) is 38.5 Å². The van der Waals surface area contributed by atoms with E-state index < -0.39 is 0 Å². The van der Waals surface area contributed by atoms with Gasteiger partial charge in [-0.25, -0.2) is 0 Å². The van der Waals surface area contributed by atoms with Crippen LogP contribution in [0.3, 0.4) is 0 Å². The predicted molar refractivity (Wildman–Crippen MR) is 91.5 cm³/mol. The Morgan fingerprint density at radius 3 is 1.68 bits per heavy atom. The molecule has 1 aliphatic carbocycles. The zero-order chi connectivity index (χ0) is 17.7. The van der Waals surface area contributed by atoms with Crippen molar-refractivity contribution in [3.05, 3.63) is 0 Å². The zero-order valence-electron chi connectivity index (χ0n) is 15.6. The van der Waals surface area contributed by atoms with E-state index in [-0.39, 0.29) is 23.5 Å². The summed E-state index contributed by atoms with van der Waals surface area (Å²) in [6, 6.07) is 0. The first kappa shape index (κ1) is 23.1. The Balaban J connectivity index is 0. The van der Waals surface area contributed by atoms with E-state index in [1.54, 1.807) is 13.8 Å². The van der Waals surface area contributed by atoms with Crippen LogP contribution in [0.25, 0.3) is 0 Å². The van der Waals surface area contributed by atoms with Gasteiger partial charge in [-0.2, -0.15) is 0 Å². The highest BCUT2D eigenvalue weighted by Gasteiger charge is 2.27. The van der Waals surface area contributed by atoms with E-state index >= 15 is 0 Å². The highest BCUT2D eigenvalue weighted by molar-refractivity contribution is 5.94. The average Bonchev–Trinajstić information content (AvgIpc) is 2.55. The van der Waals surface area contributed by atoms with Crippen molar-refractivity contribution in [3.8, 4) is 0 Å². The van der Waals surface area contributed by atoms with Crippen LogP contribution in [0.5, 0.6) is 0 Å². The van der Waals surface area contributed by atoms with E-state index in [1.807, 2.05) is 27.7 Å². The number of hydrogen-bond donors (Lipinski definition) is 0. The lowest BCUT2D eigenvalue weighted by Crippen LogP contribution is -2.39. The minimum atomic E-state index is -0.171. The smallest absolute Gasteiger partial charge is 0.228 e. The Morgan fingerprint density at radius 2 is 1.36 bits per heavy atom. The van der Waals surface area contributed by atoms with Gasteiger partial charge in [-0.3, -0.25) is 19.3 Å². The number of carbonyl (C=O) groups is 3. The third kappa shape index (κ3) is 8.30. The van der Waals surface area contributed by atoms with Crippen molar-refractivity contribution in [3.63, 3.8) is 0 Å². The lowest BCUT2D eigenvalue weighted by Gasteiger charge is -2.30. The maximum Gasteiger partial charge on any atom is 0.228 e. The Labute approximate surface area is 136 Å². The molecule has 4 heteroatoms. The van der Waals surface area contributed by atoms with Crippen LogP contribution in [0.4, 0.5) is 0 Å². The van der Waals surface area contributed by atoms with E-state index in [9.17, 15) is 14.4 Å². The number of Topliss-reactive ketones (excluding diaryl/α,β-unsaturated/α-hetero) is 1. The summed E-state index contributed by atoms with van der Waals surface area (Å²) in [6.07, 6.45) is 4.02. The Hall–Kier alpha value is -1.19. The van der Waals surface area contributed by atoms with Gasteiger partial charge in [-0.1, -0.05) is 34.6 Å². The van der Waals surface area contributed by atoms with Gasteiger partial charge in [0.05, 0.1) is 0 Å². The summed E-state index contributed by atoms with van der Waals surface area (Å²) in [6.45, 7) is 13.4. The van der Waals surface area contributed by atoms with E-state index in [2.05, 4.69) is 0 Å². The summed E-state index contributed by atoms with van der Waals surface area (Å²) >= 11 is 0. The summed E-state index contributed by atoms with van der Waals surface area (Å²) in [7, 11) is 0. The third-order valence-corrected chi connectivity index (χ3v) is 3.85. The fourth-order valence-electron chi connectivity index (χ4n) is 2.61. The van der Waals surface area contributed by atoms with Crippen LogP contribution < -0.4 is 0 Å². The monoisotopic (exact) mass is 313 g/mol. The minimum absolute atomic E-state index is 0.101. The summed E-state index contributed by atoms with van der Waals surface area (Å²) in [4.78, 5) is 35.7. The Kier molecular flexibility index (Phi) is 14.1. The number of nitrogens with zero attached hydrogens (tertiary/aromatic N) is 1. The van der Waals surface area contributed by atoms with Crippen LogP contribution in [0.1, 0.15) is 80.6 Å². The normalized spacial score (nSPS) is 19.8. The molecule has 0 N–H and O–H groups in total. The quantitative estimate of drug-likeness (QED) is 0.781. The molecule has 0 saturated heterocycles. The Bertz CT molecular complexity index is 331. The van der Waals surface area contributed by atoms with Crippen LogP contribution in [0.15, 0.2) is 0 Å². The van der Waals surface area contributed by atoms with Crippen LogP contribution in [0.2, 0.25) is 0 Å². The van der Waals surface area contributed by atoms with Gasteiger partial charge >= 0.3 is 0 Å². The molecule has 0 spiro atoms. The molecule has 0 aromatic rings. The number of carbonyl (C=O) groups excluding carboxylic acids is 3. The molecule has 2 amide bonds. The topological polar surface area (TPSA) is 54.5 Å². The SMILES string of the molecule is CC.CC.CCC(=O)N(CC1CCC(C(C)=O)CC1)C(C)=O. The summed E-state index contributed by atoms with van der Waals surface area (Å²) in [5.74, 6) is 0.544.